The molecular weight excluding hydrogens is 499 g/mol. The van der Waals surface area contributed by atoms with E-state index >= 15 is 0 Å². The molecule has 132 valence electrons. The number of phenolic OH excluding ortho intramolecular Hbond substituents is 1. The smallest absolute Gasteiger partial charge is 0.187 e. The summed E-state index contributed by atoms with van der Waals surface area (Å²) in [4.78, 5) is 15.2. The quantitative estimate of drug-likeness (QED) is 0.431. The van der Waals surface area contributed by atoms with E-state index in [4.69, 9.17) is 5.11 Å². The van der Waals surface area contributed by atoms with Gasteiger partial charge < -0.3 is 15.5 Å². The van der Waals surface area contributed by atoms with E-state index in [1.165, 1.54) is 6.08 Å². The molecule has 1 aliphatic rings. The zero-order valence-electron chi connectivity index (χ0n) is 13.3. The summed E-state index contributed by atoms with van der Waals surface area (Å²) in [7, 11) is 0. The van der Waals surface area contributed by atoms with Crippen molar-refractivity contribution >= 4 is 11.5 Å². The molecule has 25 heavy (non-hydrogen) atoms. The van der Waals surface area contributed by atoms with Crippen LogP contribution in [0.5, 0.6) is 5.75 Å². The van der Waals surface area contributed by atoms with Crippen molar-refractivity contribution in [2.45, 2.75) is 6.61 Å². The van der Waals surface area contributed by atoms with E-state index in [1.807, 2.05) is 0 Å². The number of pyridine rings is 1. The fraction of sp³-hybridized carbons (Fsp3) is 0.0526. The van der Waals surface area contributed by atoms with Gasteiger partial charge >= 0.3 is 0 Å². The van der Waals surface area contributed by atoms with Crippen LogP contribution in [-0.4, -0.2) is 21.0 Å². The van der Waals surface area contributed by atoms with Crippen molar-refractivity contribution in [3.8, 4) is 5.75 Å². The van der Waals surface area contributed by atoms with Crippen LogP contribution in [0.15, 0.2) is 84.9 Å². The molecule has 0 aliphatic heterocycles. The second-order valence-corrected chi connectivity index (χ2v) is 4.86. The molecule has 1 aromatic carbocycles. The molecular formula is C19H18N2O3Pt. The number of aliphatic hydroxyl groups excluding tert-OH is 1. The number of anilines is 1. The van der Waals surface area contributed by atoms with Crippen molar-refractivity contribution in [1.29, 1.82) is 0 Å². The number of aromatic hydroxyl groups is 1. The van der Waals surface area contributed by atoms with Crippen LogP contribution in [0.3, 0.4) is 0 Å². The number of aliphatic hydroxyl groups is 1. The Hall–Kier alpha value is -2.49. The van der Waals surface area contributed by atoms with Crippen LogP contribution in [0.4, 0.5) is 5.69 Å². The SMILES string of the molecule is O=C1C=CC=C/C1=C/Nc1ccccc1O.OCc1ccncc1.[Pt]. The molecule has 3 rings (SSSR count). The Kier molecular flexibility index (Phi) is 9.15. The molecule has 6 heteroatoms. The molecule has 0 saturated heterocycles. The van der Waals surface area contributed by atoms with Gasteiger partial charge in [-0.25, -0.2) is 0 Å². The number of hydrogen-bond acceptors (Lipinski definition) is 5. The van der Waals surface area contributed by atoms with E-state index in [-0.39, 0.29) is 39.2 Å². The molecule has 0 amide bonds. The Bertz CT molecular complexity index is 771. The summed E-state index contributed by atoms with van der Waals surface area (Å²) in [5.74, 6) is 0.104. The molecule has 3 N–H and O–H groups in total. The normalized spacial score (nSPS) is 13.6. The Morgan fingerprint density at radius 1 is 1.04 bits per heavy atom. The summed E-state index contributed by atoms with van der Waals surface area (Å²) in [5, 5.41) is 20.9. The summed E-state index contributed by atoms with van der Waals surface area (Å²) in [5.41, 5.74) is 2.04. The number of allylic oxidation sites excluding steroid dienone is 5. The Labute approximate surface area is 160 Å². The van der Waals surface area contributed by atoms with Gasteiger partial charge in [0.25, 0.3) is 0 Å². The number of benzene rings is 1. The van der Waals surface area contributed by atoms with Gasteiger partial charge in [0.15, 0.2) is 5.78 Å². The van der Waals surface area contributed by atoms with Crippen LogP contribution in [0.25, 0.3) is 0 Å². The van der Waals surface area contributed by atoms with Crippen LogP contribution < -0.4 is 5.32 Å². The van der Waals surface area contributed by atoms with E-state index in [1.54, 1.807) is 73.2 Å². The minimum atomic E-state index is -0.0505. The van der Waals surface area contributed by atoms with Crippen molar-refractivity contribution in [3.63, 3.8) is 0 Å². The largest absolute Gasteiger partial charge is 0.506 e. The number of aromatic nitrogens is 1. The summed E-state index contributed by atoms with van der Waals surface area (Å²) in [6, 6.07) is 10.4. The number of rotatable bonds is 3. The molecule has 0 unspecified atom stereocenters. The van der Waals surface area contributed by atoms with Crippen molar-refractivity contribution < 1.29 is 36.1 Å². The van der Waals surface area contributed by atoms with Gasteiger partial charge in [0, 0.05) is 45.2 Å². The monoisotopic (exact) mass is 517 g/mol. The van der Waals surface area contributed by atoms with E-state index in [0.29, 0.717) is 11.3 Å². The number of phenols is 1. The number of hydrogen-bond donors (Lipinski definition) is 3. The predicted octanol–water partition coefficient (Wildman–Crippen LogP) is 2.95. The van der Waals surface area contributed by atoms with E-state index < -0.39 is 0 Å². The number of ketones is 1. The third kappa shape index (κ3) is 6.87. The molecule has 2 aromatic rings. The summed E-state index contributed by atoms with van der Waals surface area (Å²) in [6.45, 7) is 0.0997. The molecule has 0 saturated carbocycles. The molecule has 0 atom stereocenters. The maximum Gasteiger partial charge on any atom is 0.187 e. The molecule has 0 radical (unpaired) electrons. The van der Waals surface area contributed by atoms with Gasteiger partial charge in [0.05, 0.1) is 12.3 Å². The van der Waals surface area contributed by atoms with Gasteiger partial charge in [-0.05, 0) is 42.0 Å². The number of carbonyl (C=O) groups is 1. The van der Waals surface area contributed by atoms with E-state index in [2.05, 4.69) is 10.3 Å². The molecule has 1 aromatic heterocycles. The molecule has 1 aliphatic carbocycles. The van der Waals surface area contributed by atoms with Gasteiger partial charge in [-0.2, -0.15) is 0 Å². The Balaban J connectivity index is 0.000000295. The molecule has 0 fully saturated rings. The first-order valence-corrected chi connectivity index (χ1v) is 7.34. The molecule has 5 nitrogen and oxygen atoms in total. The van der Waals surface area contributed by atoms with Crippen molar-refractivity contribution in [2.75, 3.05) is 5.32 Å². The third-order valence-corrected chi connectivity index (χ3v) is 3.14. The van der Waals surface area contributed by atoms with Gasteiger partial charge in [-0.15, -0.1) is 0 Å². The average molecular weight is 517 g/mol. The molecule has 0 bridgehead atoms. The summed E-state index contributed by atoms with van der Waals surface area (Å²) >= 11 is 0. The van der Waals surface area contributed by atoms with Crippen LogP contribution >= 0.6 is 0 Å². The van der Waals surface area contributed by atoms with Crippen LogP contribution in [0.2, 0.25) is 0 Å². The first kappa shape index (κ1) is 20.6. The molecule has 1 heterocycles. The van der Waals surface area contributed by atoms with Crippen molar-refractivity contribution in [3.05, 3.63) is 90.4 Å². The van der Waals surface area contributed by atoms with Crippen molar-refractivity contribution in [2.24, 2.45) is 0 Å². The van der Waals surface area contributed by atoms with E-state index in [9.17, 15) is 9.90 Å². The zero-order valence-corrected chi connectivity index (χ0v) is 15.6. The first-order chi connectivity index (χ1) is 11.7. The minimum absolute atomic E-state index is 0. The minimum Gasteiger partial charge on any atom is -0.506 e. The van der Waals surface area contributed by atoms with Gasteiger partial charge in [0.1, 0.15) is 5.75 Å². The predicted molar refractivity (Wildman–Crippen MR) is 93.3 cm³/mol. The van der Waals surface area contributed by atoms with Crippen molar-refractivity contribution in [1.82, 2.24) is 4.98 Å². The standard InChI is InChI=1S/C13H11NO2.C6H7NO.Pt/c15-12-7-3-1-5-10(12)9-14-11-6-2-4-8-13(11)16;8-5-6-1-3-7-4-2-6;/h1-9,14,16H;1-4,8H,5H2;/b10-9-;;. The van der Waals surface area contributed by atoms with E-state index in [0.717, 1.165) is 5.56 Å². The van der Waals surface area contributed by atoms with Gasteiger partial charge in [-0.1, -0.05) is 24.3 Å². The zero-order chi connectivity index (χ0) is 17.2. The maximum absolute atomic E-state index is 11.4. The first-order valence-electron chi connectivity index (χ1n) is 7.34. The topological polar surface area (TPSA) is 82.5 Å². The third-order valence-electron chi connectivity index (χ3n) is 3.14. The fourth-order valence-electron chi connectivity index (χ4n) is 1.84. The Morgan fingerprint density at radius 3 is 2.32 bits per heavy atom. The summed E-state index contributed by atoms with van der Waals surface area (Å²) in [6.07, 6.45) is 11.6. The average Bonchev–Trinajstić information content (AvgIpc) is 2.63. The Morgan fingerprint density at radius 2 is 1.72 bits per heavy atom. The summed E-state index contributed by atoms with van der Waals surface area (Å²) < 4.78 is 0. The maximum atomic E-state index is 11.4. The second kappa shape index (κ2) is 11.1. The molecule has 0 spiro atoms. The second-order valence-electron chi connectivity index (χ2n) is 4.86. The van der Waals surface area contributed by atoms with Gasteiger partial charge in [0.2, 0.25) is 0 Å². The number of carbonyl (C=O) groups excluding carboxylic acids is 1. The van der Waals surface area contributed by atoms with Crippen LogP contribution in [0.1, 0.15) is 5.56 Å². The van der Waals surface area contributed by atoms with Gasteiger partial charge in [-0.3, -0.25) is 9.78 Å². The fourth-order valence-corrected chi connectivity index (χ4v) is 1.84. The van der Waals surface area contributed by atoms with Crippen LogP contribution in [0, 0.1) is 0 Å². The number of nitrogens with zero attached hydrogens (tertiary/aromatic N) is 1. The number of para-hydroxylation sites is 2. The number of nitrogens with one attached hydrogen (secondary N) is 1. The van der Waals surface area contributed by atoms with Crippen LogP contribution in [-0.2, 0) is 32.5 Å².